The molecule has 11 nitrogen and oxygen atoms in total. The summed E-state index contributed by atoms with van der Waals surface area (Å²) in [5.41, 5.74) is 15.8. The Balaban J connectivity index is 4.88. The highest BCUT2D eigenvalue weighted by atomic mass is 16.4. The van der Waals surface area contributed by atoms with Crippen LogP contribution in [-0.2, 0) is 19.2 Å². The summed E-state index contributed by atoms with van der Waals surface area (Å²) < 4.78 is 0. The molecule has 0 bridgehead atoms. The van der Waals surface area contributed by atoms with Crippen molar-refractivity contribution < 1.29 is 29.4 Å². The normalized spacial score (nSPS) is 14.3. The number of aliphatic hydroxyl groups excluding tert-OH is 1. The van der Waals surface area contributed by atoms with Gasteiger partial charge in [-0.15, -0.1) is 0 Å². The van der Waals surface area contributed by atoms with Gasteiger partial charge in [0.25, 0.3) is 0 Å². The Labute approximate surface area is 138 Å². The Morgan fingerprint density at radius 3 is 2.04 bits per heavy atom. The molecule has 0 aliphatic carbocycles. The van der Waals surface area contributed by atoms with E-state index in [-0.39, 0.29) is 6.42 Å². The van der Waals surface area contributed by atoms with Crippen LogP contribution in [0.3, 0.4) is 0 Å². The fraction of sp³-hybridized carbons (Fsp3) is 0.692. The van der Waals surface area contributed by atoms with Crippen molar-refractivity contribution in [3.63, 3.8) is 0 Å². The number of primary amides is 1. The van der Waals surface area contributed by atoms with Crippen LogP contribution in [0.25, 0.3) is 0 Å². The average molecular weight is 347 g/mol. The number of carbonyl (C=O) groups excluding carboxylic acids is 3. The van der Waals surface area contributed by atoms with E-state index in [2.05, 4.69) is 10.6 Å². The molecule has 0 heterocycles. The minimum atomic E-state index is -1.49. The second-order valence-electron chi connectivity index (χ2n) is 5.20. The Kier molecular flexibility index (Phi) is 10.3. The van der Waals surface area contributed by atoms with Crippen molar-refractivity contribution >= 4 is 23.7 Å². The van der Waals surface area contributed by atoms with Crippen LogP contribution in [0.5, 0.6) is 0 Å². The number of carboxylic acids is 1. The first-order valence-corrected chi connectivity index (χ1v) is 7.41. The number of amides is 3. The first kappa shape index (κ1) is 21.8. The third-order valence-corrected chi connectivity index (χ3v) is 3.13. The van der Waals surface area contributed by atoms with Gasteiger partial charge in [0.05, 0.1) is 19.1 Å². The minimum Gasteiger partial charge on any atom is -0.480 e. The zero-order chi connectivity index (χ0) is 18.7. The minimum absolute atomic E-state index is 0.190. The predicted octanol–water partition coefficient (Wildman–Crippen LogP) is -3.64. The number of nitrogens with two attached hydrogens (primary N) is 3. The summed E-state index contributed by atoms with van der Waals surface area (Å²) in [5, 5.41) is 22.2. The fourth-order valence-electron chi connectivity index (χ4n) is 1.81. The topological polar surface area (TPSA) is 211 Å². The third-order valence-electron chi connectivity index (χ3n) is 3.13. The number of hydrogen-bond donors (Lipinski definition) is 7. The van der Waals surface area contributed by atoms with E-state index in [1.807, 2.05) is 0 Å². The van der Waals surface area contributed by atoms with Gasteiger partial charge in [-0.05, 0) is 25.8 Å². The van der Waals surface area contributed by atoms with Gasteiger partial charge in [0.15, 0.2) is 0 Å². The van der Waals surface area contributed by atoms with Crippen LogP contribution in [0.2, 0.25) is 0 Å². The number of rotatable bonds is 12. The maximum absolute atomic E-state index is 12.1. The van der Waals surface area contributed by atoms with Gasteiger partial charge in [-0.2, -0.15) is 0 Å². The first-order chi connectivity index (χ1) is 11.2. The van der Waals surface area contributed by atoms with Crippen molar-refractivity contribution in [3.8, 4) is 0 Å². The monoisotopic (exact) mass is 347 g/mol. The van der Waals surface area contributed by atoms with Gasteiger partial charge < -0.3 is 38.0 Å². The van der Waals surface area contributed by atoms with Gasteiger partial charge in [-0.25, -0.2) is 4.79 Å². The highest BCUT2D eigenvalue weighted by Gasteiger charge is 2.27. The van der Waals surface area contributed by atoms with E-state index >= 15 is 0 Å². The molecule has 3 unspecified atom stereocenters. The van der Waals surface area contributed by atoms with Crippen LogP contribution in [0.15, 0.2) is 0 Å². The number of aliphatic carboxylic acids is 1. The summed E-state index contributed by atoms with van der Waals surface area (Å²) in [5.74, 6) is -3.73. The highest BCUT2D eigenvalue weighted by Crippen LogP contribution is 2.03. The summed E-state index contributed by atoms with van der Waals surface area (Å²) in [6, 6.07) is -3.79. The summed E-state index contributed by atoms with van der Waals surface area (Å²) >= 11 is 0. The Bertz CT molecular complexity index is 458. The van der Waals surface area contributed by atoms with Crippen molar-refractivity contribution in [2.45, 2.75) is 43.8 Å². The summed E-state index contributed by atoms with van der Waals surface area (Å²) in [7, 11) is 0. The van der Waals surface area contributed by atoms with E-state index in [9.17, 15) is 19.2 Å². The first-order valence-electron chi connectivity index (χ1n) is 7.41. The second-order valence-corrected chi connectivity index (χ2v) is 5.20. The molecule has 0 saturated carbocycles. The fourth-order valence-corrected chi connectivity index (χ4v) is 1.81. The Morgan fingerprint density at radius 2 is 1.58 bits per heavy atom. The number of unbranched alkanes of at least 4 members (excludes halogenated alkanes) is 1. The van der Waals surface area contributed by atoms with Gasteiger partial charge in [-0.3, -0.25) is 14.4 Å². The molecule has 0 aromatic carbocycles. The zero-order valence-corrected chi connectivity index (χ0v) is 13.2. The molecular formula is C13H25N5O6. The molecule has 24 heavy (non-hydrogen) atoms. The number of aliphatic hydroxyl groups is 1. The van der Waals surface area contributed by atoms with E-state index in [1.165, 1.54) is 0 Å². The van der Waals surface area contributed by atoms with Gasteiger partial charge in [0, 0.05) is 0 Å². The molecule has 10 N–H and O–H groups in total. The molecule has 0 fully saturated rings. The second kappa shape index (κ2) is 11.3. The largest absolute Gasteiger partial charge is 0.480 e. The molecular weight excluding hydrogens is 322 g/mol. The molecule has 0 aromatic heterocycles. The third kappa shape index (κ3) is 8.41. The van der Waals surface area contributed by atoms with Gasteiger partial charge in [0.1, 0.15) is 12.1 Å². The summed E-state index contributed by atoms with van der Waals surface area (Å²) in [6.07, 6.45) is 0.888. The van der Waals surface area contributed by atoms with E-state index in [0.29, 0.717) is 19.4 Å². The van der Waals surface area contributed by atoms with Crippen molar-refractivity contribution in [1.29, 1.82) is 0 Å². The quantitative estimate of drug-likeness (QED) is 0.174. The van der Waals surface area contributed by atoms with Gasteiger partial charge >= 0.3 is 5.97 Å². The van der Waals surface area contributed by atoms with Crippen LogP contribution in [0.4, 0.5) is 0 Å². The maximum Gasteiger partial charge on any atom is 0.328 e. The standard InChI is InChI=1S/C13H25N5O6/c14-4-2-1-3-8(12(22)18-9(6-19)13(23)24)17-11(21)7(15)5-10(16)20/h7-9,19H,1-6,14-15H2,(H2,16,20)(H,17,21)(H,18,22)(H,23,24). The molecule has 0 aromatic rings. The molecule has 3 amide bonds. The van der Waals surface area contributed by atoms with Crippen LogP contribution >= 0.6 is 0 Å². The molecule has 3 atom stereocenters. The predicted molar refractivity (Wildman–Crippen MR) is 83.3 cm³/mol. The smallest absolute Gasteiger partial charge is 0.328 e. The van der Waals surface area contributed by atoms with E-state index in [4.69, 9.17) is 27.4 Å². The van der Waals surface area contributed by atoms with Crippen LogP contribution in [-0.4, -0.2) is 65.2 Å². The van der Waals surface area contributed by atoms with Crippen molar-refractivity contribution in [2.24, 2.45) is 17.2 Å². The van der Waals surface area contributed by atoms with Crippen molar-refractivity contribution in [3.05, 3.63) is 0 Å². The lowest BCUT2D eigenvalue weighted by molar-refractivity contribution is -0.143. The highest BCUT2D eigenvalue weighted by molar-refractivity contribution is 5.93. The van der Waals surface area contributed by atoms with Gasteiger partial charge in [0.2, 0.25) is 17.7 Å². The molecule has 0 aliphatic rings. The van der Waals surface area contributed by atoms with Crippen molar-refractivity contribution in [2.75, 3.05) is 13.2 Å². The zero-order valence-electron chi connectivity index (χ0n) is 13.2. The molecule has 0 saturated heterocycles. The van der Waals surface area contributed by atoms with E-state index in [0.717, 1.165) is 0 Å². The molecule has 11 heteroatoms. The van der Waals surface area contributed by atoms with E-state index < -0.39 is 54.8 Å². The molecule has 0 spiro atoms. The SMILES string of the molecule is NCCCCC(NC(=O)C(N)CC(N)=O)C(=O)NC(CO)C(=O)O. The molecule has 0 rings (SSSR count). The van der Waals surface area contributed by atoms with E-state index in [1.54, 1.807) is 0 Å². The Morgan fingerprint density at radius 1 is 1.00 bits per heavy atom. The number of hydrogen-bond acceptors (Lipinski definition) is 7. The molecule has 0 aliphatic heterocycles. The summed E-state index contributed by atoms with van der Waals surface area (Å²) in [6.45, 7) is -0.413. The maximum atomic E-state index is 12.1. The van der Waals surface area contributed by atoms with Crippen molar-refractivity contribution in [1.82, 2.24) is 10.6 Å². The summed E-state index contributed by atoms with van der Waals surface area (Å²) in [4.78, 5) is 45.7. The number of carboxylic acid groups (broad SMARTS) is 1. The average Bonchev–Trinajstić information content (AvgIpc) is 2.50. The number of carbonyl (C=O) groups is 4. The lowest BCUT2D eigenvalue weighted by Gasteiger charge is -2.22. The lowest BCUT2D eigenvalue weighted by Crippen LogP contribution is -2.55. The van der Waals surface area contributed by atoms with Crippen LogP contribution in [0.1, 0.15) is 25.7 Å². The van der Waals surface area contributed by atoms with Crippen LogP contribution < -0.4 is 27.8 Å². The lowest BCUT2D eigenvalue weighted by atomic mass is 10.1. The molecule has 138 valence electrons. The molecule has 0 radical (unpaired) electrons. The van der Waals surface area contributed by atoms with Crippen LogP contribution in [0, 0.1) is 0 Å². The van der Waals surface area contributed by atoms with Gasteiger partial charge in [-0.1, -0.05) is 0 Å². The Hall–Kier alpha value is -2.24. The number of nitrogens with one attached hydrogen (secondary N) is 2.